The van der Waals surface area contributed by atoms with Gasteiger partial charge in [-0.1, -0.05) is 17.7 Å². The lowest BCUT2D eigenvalue weighted by Crippen LogP contribution is -2.03. The van der Waals surface area contributed by atoms with Crippen molar-refractivity contribution < 1.29 is 4.74 Å². The van der Waals surface area contributed by atoms with E-state index in [2.05, 4.69) is 11.4 Å². The van der Waals surface area contributed by atoms with Gasteiger partial charge < -0.3 is 10.1 Å². The third-order valence-corrected chi connectivity index (χ3v) is 3.88. The average Bonchev–Trinajstić information content (AvgIpc) is 2.94. The minimum absolute atomic E-state index is 0.624. The van der Waals surface area contributed by atoms with E-state index < -0.39 is 0 Å². The number of benzene rings is 2. The van der Waals surface area contributed by atoms with Crippen molar-refractivity contribution >= 4 is 17.3 Å². The molecule has 3 rings (SSSR count). The first-order valence-corrected chi connectivity index (χ1v) is 7.24. The second-order valence-corrected chi connectivity index (χ2v) is 5.58. The van der Waals surface area contributed by atoms with Crippen molar-refractivity contribution in [1.82, 2.24) is 0 Å². The zero-order chi connectivity index (χ0) is 14.8. The molecular formula is C17H15ClN2O. The van der Waals surface area contributed by atoms with Crippen molar-refractivity contribution in [2.45, 2.75) is 19.9 Å². The molecule has 0 fully saturated rings. The molecule has 1 N–H and O–H groups in total. The van der Waals surface area contributed by atoms with Crippen LogP contribution in [0.5, 0.6) is 5.75 Å². The number of anilines is 1. The van der Waals surface area contributed by atoms with E-state index >= 15 is 0 Å². The Morgan fingerprint density at radius 3 is 3.00 bits per heavy atom. The van der Waals surface area contributed by atoms with Crippen LogP contribution in [0.15, 0.2) is 30.3 Å². The fraction of sp³-hybridized carbons (Fsp3) is 0.235. The molecule has 1 heterocycles. The first-order valence-electron chi connectivity index (χ1n) is 6.86. The van der Waals surface area contributed by atoms with Crippen LogP contribution in [-0.4, -0.2) is 6.61 Å². The lowest BCUT2D eigenvalue weighted by Gasteiger charge is -2.13. The van der Waals surface area contributed by atoms with Gasteiger partial charge >= 0.3 is 0 Å². The zero-order valence-corrected chi connectivity index (χ0v) is 12.5. The maximum absolute atomic E-state index is 8.99. The third-order valence-electron chi connectivity index (χ3n) is 3.66. The zero-order valence-electron chi connectivity index (χ0n) is 11.7. The summed E-state index contributed by atoms with van der Waals surface area (Å²) in [7, 11) is 0. The first kappa shape index (κ1) is 13.8. The van der Waals surface area contributed by atoms with E-state index in [1.807, 2.05) is 37.3 Å². The Morgan fingerprint density at radius 1 is 1.33 bits per heavy atom. The number of rotatable bonds is 3. The SMILES string of the molecule is Cc1ccc(C#N)cc1NCc1cc(Cl)cc2c1OCC2. The van der Waals surface area contributed by atoms with Gasteiger partial charge in [-0.2, -0.15) is 5.26 Å². The lowest BCUT2D eigenvalue weighted by molar-refractivity contribution is 0.354. The van der Waals surface area contributed by atoms with Crippen molar-refractivity contribution in [2.24, 2.45) is 0 Å². The topological polar surface area (TPSA) is 45.0 Å². The maximum atomic E-state index is 8.99. The molecule has 0 spiro atoms. The van der Waals surface area contributed by atoms with E-state index in [1.54, 1.807) is 0 Å². The maximum Gasteiger partial charge on any atom is 0.127 e. The van der Waals surface area contributed by atoms with Crippen molar-refractivity contribution in [3.63, 3.8) is 0 Å². The molecule has 106 valence electrons. The van der Waals surface area contributed by atoms with Gasteiger partial charge in [-0.3, -0.25) is 0 Å². The van der Waals surface area contributed by atoms with Crippen LogP contribution in [0.4, 0.5) is 5.69 Å². The molecular weight excluding hydrogens is 284 g/mol. The van der Waals surface area contributed by atoms with Crippen LogP contribution in [0.3, 0.4) is 0 Å². The number of hydrogen-bond acceptors (Lipinski definition) is 3. The molecule has 0 aromatic heterocycles. The van der Waals surface area contributed by atoms with Gasteiger partial charge in [-0.05, 0) is 42.3 Å². The normalized spacial score (nSPS) is 12.4. The molecule has 3 nitrogen and oxygen atoms in total. The minimum atomic E-state index is 0.624. The minimum Gasteiger partial charge on any atom is -0.493 e. The van der Waals surface area contributed by atoms with Crippen LogP contribution in [0.25, 0.3) is 0 Å². The van der Waals surface area contributed by atoms with Crippen molar-refractivity contribution in [1.29, 1.82) is 5.26 Å². The Bertz CT molecular complexity index is 734. The summed E-state index contributed by atoms with van der Waals surface area (Å²) in [4.78, 5) is 0. The fourth-order valence-corrected chi connectivity index (χ4v) is 2.81. The largest absolute Gasteiger partial charge is 0.493 e. The van der Waals surface area contributed by atoms with Gasteiger partial charge in [0.15, 0.2) is 0 Å². The van der Waals surface area contributed by atoms with Crippen molar-refractivity contribution in [3.8, 4) is 11.8 Å². The summed E-state index contributed by atoms with van der Waals surface area (Å²) in [5.74, 6) is 0.945. The van der Waals surface area contributed by atoms with Crippen molar-refractivity contribution in [2.75, 3.05) is 11.9 Å². The van der Waals surface area contributed by atoms with E-state index in [0.29, 0.717) is 18.7 Å². The molecule has 2 aromatic carbocycles. The van der Waals surface area contributed by atoms with Gasteiger partial charge in [0.1, 0.15) is 5.75 Å². The number of halogens is 1. The molecule has 1 aliphatic rings. The van der Waals surface area contributed by atoms with Crippen LogP contribution in [0.2, 0.25) is 5.02 Å². The summed E-state index contributed by atoms with van der Waals surface area (Å²) < 4.78 is 5.70. The molecule has 0 saturated carbocycles. The molecule has 0 aliphatic carbocycles. The predicted octanol–water partition coefficient (Wildman–Crippen LogP) is 4.07. The van der Waals surface area contributed by atoms with Crippen LogP contribution >= 0.6 is 11.6 Å². The monoisotopic (exact) mass is 298 g/mol. The number of ether oxygens (including phenoxy) is 1. The summed E-state index contributed by atoms with van der Waals surface area (Å²) in [6.45, 7) is 3.35. The predicted molar refractivity (Wildman–Crippen MR) is 83.9 cm³/mol. The third kappa shape index (κ3) is 2.81. The van der Waals surface area contributed by atoms with Gasteiger partial charge in [-0.15, -0.1) is 0 Å². The summed E-state index contributed by atoms with van der Waals surface area (Å²) in [6.07, 6.45) is 0.909. The Labute approximate surface area is 129 Å². The molecule has 21 heavy (non-hydrogen) atoms. The van der Waals surface area contributed by atoms with Crippen molar-refractivity contribution in [3.05, 3.63) is 57.6 Å². The molecule has 2 aromatic rings. The Morgan fingerprint density at radius 2 is 2.19 bits per heavy atom. The highest BCUT2D eigenvalue weighted by atomic mass is 35.5. The number of nitrogens with one attached hydrogen (secondary N) is 1. The van der Waals surface area contributed by atoms with Crippen LogP contribution in [0.1, 0.15) is 22.3 Å². The number of fused-ring (bicyclic) bond motifs is 1. The Hall–Kier alpha value is -2.18. The van der Waals surface area contributed by atoms with Crippen LogP contribution < -0.4 is 10.1 Å². The van der Waals surface area contributed by atoms with E-state index in [4.69, 9.17) is 21.6 Å². The van der Waals surface area contributed by atoms with Crippen LogP contribution in [0, 0.1) is 18.3 Å². The number of nitriles is 1. The number of nitrogens with zero attached hydrogens (tertiary/aromatic N) is 1. The number of aryl methyl sites for hydroxylation is 1. The standard InChI is InChI=1S/C17H15ClN2O/c1-11-2-3-12(9-19)6-16(11)20-10-14-8-15(18)7-13-4-5-21-17(13)14/h2-3,6-8,20H,4-5,10H2,1H3. The number of hydrogen-bond donors (Lipinski definition) is 1. The smallest absolute Gasteiger partial charge is 0.127 e. The lowest BCUT2D eigenvalue weighted by atomic mass is 10.1. The molecule has 0 unspecified atom stereocenters. The quantitative estimate of drug-likeness (QED) is 0.929. The van der Waals surface area contributed by atoms with Gasteiger partial charge in [0.2, 0.25) is 0 Å². The second kappa shape index (κ2) is 5.67. The fourth-order valence-electron chi connectivity index (χ4n) is 2.55. The summed E-state index contributed by atoms with van der Waals surface area (Å²) >= 11 is 6.16. The highest BCUT2D eigenvalue weighted by Gasteiger charge is 2.17. The first-order chi connectivity index (χ1) is 10.2. The molecule has 0 radical (unpaired) electrons. The highest BCUT2D eigenvalue weighted by Crippen LogP contribution is 2.33. The second-order valence-electron chi connectivity index (χ2n) is 5.15. The summed E-state index contributed by atoms with van der Waals surface area (Å²) in [5.41, 5.74) is 4.93. The van der Waals surface area contributed by atoms with E-state index in [1.165, 1.54) is 5.56 Å². The average molecular weight is 299 g/mol. The van der Waals surface area contributed by atoms with Gasteiger partial charge in [0.25, 0.3) is 0 Å². The highest BCUT2D eigenvalue weighted by molar-refractivity contribution is 6.30. The van der Waals surface area contributed by atoms with Gasteiger partial charge in [0.05, 0.1) is 18.2 Å². The summed E-state index contributed by atoms with van der Waals surface area (Å²) in [6, 6.07) is 11.7. The van der Waals surface area contributed by atoms with E-state index in [0.717, 1.165) is 34.0 Å². The molecule has 0 bridgehead atoms. The Kier molecular flexibility index (Phi) is 3.72. The Balaban J connectivity index is 1.85. The summed E-state index contributed by atoms with van der Waals surface area (Å²) in [5, 5.41) is 13.1. The molecule has 0 atom stereocenters. The van der Waals surface area contributed by atoms with E-state index in [9.17, 15) is 0 Å². The van der Waals surface area contributed by atoms with Gasteiger partial charge in [0, 0.05) is 29.2 Å². The molecule has 0 saturated heterocycles. The molecule has 0 amide bonds. The van der Waals surface area contributed by atoms with Crippen LogP contribution in [-0.2, 0) is 13.0 Å². The molecule has 1 aliphatic heterocycles. The van der Waals surface area contributed by atoms with Gasteiger partial charge in [-0.25, -0.2) is 0 Å². The van der Waals surface area contributed by atoms with E-state index in [-0.39, 0.29) is 0 Å². The molecule has 4 heteroatoms.